The molecule has 2 bridgehead atoms. The molecule has 0 saturated carbocycles. The molecule has 2 aromatic rings. The van der Waals surface area contributed by atoms with Crippen molar-refractivity contribution in [1.82, 2.24) is 24.9 Å². The van der Waals surface area contributed by atoms with Crippen LogP contribution < -0.4 is 0 Å². The molecular formula is C19H25N5O. The van der Waals surface area contributed by atoms with Crippen LogP contribution >= 0.6 is 0 Å². The van der Waals surface area contributed by atoms with Crippen molar-refractivity contribution < 1.29 is 4.79 Å². The summed E-state index contributed by atoms with van der Waals surface area (Å²) in [6.45, 7) is 6.46. The monoisotopic (exact) mass is 339 g/mol. The predicted molar refractivity (Wildman–Crippen MR) is 94.2 cm³/mol. The first-order valence-corrected chi connectivity index (χ1v) is 9.09. The molecule has 132 valence electrons. The topological polar surface area (TPSA) is 63.9 Å². The number of carbonyl (C=O) groups excluding carboxylic acids is 1. The van der Waals surface area contributed by atoms with Crippen LogP contribution in [-0.4, -0.2) is 42.9 Å². The van der Waals surface area contributed by atoms with E-state index < -0.39 is 0 Å². The highest BCUT2D eigenvalue weighted by Crippen LogP contribution is 2.41. The first-order chi connectivity index (χ1) is 11.9. The minimum atomic E-state index is 0.00682. The second-order valence-corrected chi connectivity index (χ2v) is 8.27. The lowest BCUT2D eigenvalue weighted by Crippen LogP contribution is -2.47. The highest BCUT2D eigenvalue weighted by Gasteiger charge is 2.44. The Hall–Kier alpha value is -2.24. The van der Waals surface area contributed by atoms with Gasteiger partial charge in [0.15, 0.2) is 0 Å². The van der Waals surface area contributed by atoms with Gasteiger partial charge >= 0.3 is 0 Å². The van der Waals surface area contributed by atoms with E-state index in [-0.39, 0.29) is 23.4 Å². The number of pyridine rings is 1. The van der Waals surface area contributed by atoms with Gasteiger partial charge in [-0.1, -0.05) is 32.1 Å². The quantitative estimate of drug-likeness (QED) is 0.844. The molecular weight excluding hydrogens is 314 g/mol. The third-order valence-electron chi connectivity index (χ3n) is 5.48. The van der Waals surface area contributed by atoms with Gasteiger partial charge in [0.05, 0.1) is 11.7 Å². The fraction of sp³-hybridized carbons (Fsp3) is 0.579. The van der Waals surface area contributed by atoms with Crippen LogP contribution in [0.5, 0.6) is 0 Å². The average molecular weight is 339 g/mol. The van der Waals surface area contributed by atoms with E-state index in [9.17, 15) is 4.79 Å². The summed E-state index contributed by atoms with van der Waals surface area (Å²) in [5.74, 6) is 0.0699. The first-order valence-electron chi connectivity index (χ1n) is 9.09. The van der Waals surface area contributed by atoms with Crippen LogP contribution in [0.1, 0.15) is 68.7 Å². The molecule has 1 amide bonds. The smallest absolute Gasteiger partial charge is 0.272 e. The third kappa shape index (κ3) is 2.94. The molecule has 2 atom stereocenters. The molecule has 0 radical (unpaired) electrons. The minimum absolute atomic E-state index is 0.00682. The highest BCUT2D eigenvalue weighted by atomic mass is 16.2. The second kappa shape index (κ2) is 5.93. The average Bonchev–Trinajstić information content (AvgIpc) is 3.18. The Balaban J connectivity index is 1.52. The van der Waals surface area contributed by atoms with E-state index in [1.165, 1.54) is 0 Å². The number of aromatic nitrogens is 4. The van der Waals surface area contributed by atoms with Crippen molar-refractivity contribution in [3.63, 3.8) is 0 Å². The van der Waals surface area contributed by atoms with Crippen molar-refractivity contribution in [3.8, 4) is 0 Å². The standard InChI is InChI=1S/C19H25N5O/c1-19(2,3)17-12-23(22-21-17)15-10-13-7-8-14(11-15)24(13)18(25)16-6-4-5-9-20-16/h4-6,9,12-15H,7-8,10-11H2,1-3H3. The number of fused-ring (bicyclic) bond motifs is 2. The zero-order valence-electron chi connectivity index (χ0n) is 15.1. The Morgan fingerprint density at radius 2 is 1.84 bits per heavy atom. The van der Waals surface area contributed by atoms with Crippen LogP contribution in [0.15, 0.2) is 30.6 Å². The summed E-state index contributed by atoms with van der Waals surface area (Å²) in [7, 11) is 0. The molecule has 6 heteroatoms. The lowest BCUT2D eigenvalue weighted by Gasteiger charge is -2.38. The molecule has 0 spiro atoms. The highest BCUT2D eigenvalue weighted by molar-refractivity contribution is 5.93. The maximum absolute atomic E-state index is 12.9. The molecule has 4 rings (SSSR count). The van der Waals surface area contributed by atoms with Crippen molar-refractivity contribution in [2.45, 2.75) is 70.0 Å². The van der Waals surface area contributed by atoms with E-state index in [0.29, 0.717) is 11.7 Å². The fourth-order valence-electron chi connectivity index (χ4n) is 4.12. The van der Waals surface area contributed by atoms with Crippen LogP contribution in [0.25, 0.3) is 0 Å². The van der Waals surface area contributed by atoms with Crippen molar-refractivity contribution >= 4 is 5.91 Å². The summed E-state index contributed by atoms with van der Waals surface area (Å²) in [6, 6.07) is 6.41. The Kier molecular flexibility index (Phi) is 3.85. The summed E-state index contributed by atoms with van der Waals surface area (Å²) in [6.07, 6.45) is 7.80. The lowest BCUT2D eigenvalue weighted by atomic mass is 9.93. The van der Waals surface area contributed by atoms with Gasteiger partial charge in [-0.3, -0.25) is 9.78 Å². The maximum Gasteiger partial charge on any atom is 0.272 e. The number of hydrogen-bond donors (Lipinski definition) is 0. The summed E-state index contributed by atoms with van der Waals surface area (Å²) < 4.78 is 2.02. The van der Waals surface area contributed by atoms with Gasteiger partial charge in [-0.2, -0.15) is 0 Å². The summed E-state index contributed by atoms with van der Waals surface area (Å²) in [5, 5.41) is 8.74. The summed E-state index contributed by atoms with van der Waals surface area (Å²) in [5.41, 5.74) is 1.58. The Bertz CT molecular complexity index is 750. The van der Waals surface area contributed by atoms with Gasteiger partial charge < -0.3 is 4.90 Å². The van der Waals surface area contributed by atoms with E-state index in [2.05, 4.69) is 47.2 Å². The van der Waals surface area contributed by atoms with Gasteiger partial charge in [0.25, 0.3) is 5.91 Å². The Labute approximate surface area is 148 Å². The molecule has 2 unspecified atom stereocenters. The van der Waals surface area contributed by atoms with Gasteiger partial charge in [-0.15, -0.1) is 5.10 Å². The molecule has 2 aliphatic rings. The van der Waals surface area contributed by atoms with Crippen molar-refractivity contribution in [2.24, 2.45) is 0 Å². The molecule has 25 heavy (non-hydrogen) atoms. The lowest BCUT2D eigenvalue weighted by molar-refractivity contribution is 0.0517. The molecule has 0 aliphatic carbocycles. The number of carbonyl (C=O) groups is 1. The molecule has 2 aliphatic heterocycles. The summed E-state index contributed by atoms with van der Waals surface area (Å²) >= 11 is 0. The SMILES string of the molecule is CC(C)(C)c1cn(C2CC3CCC(C2)N3C(=O)c2ccccn2)nn1. The zero-order valence-corrected chi connectivity index (χ0v) is 15.1. The molecule has 2 saturated heterocycles. The number of hydrogen-bond acceptors (Lipinski definition) is 4. The van der Waals surface area contributed by atoms with Crippen LogP contribution in [0.2, 0.25) is 0 Å². The van der Waals surface area contributed by atoms with Gasteiger partial charge in [0.1, 0.15) is 5.69 Å². The van der Waals surface area contributed by atoms with E-state index in [1.807, 2.05) is 16.8 Å². The van der Waals surface area contributed by atoms with Crippen molar-refractivity contribution in [3.05, 3.63) is 42.0 Å². The largest absolute Gasteiger partial charge is 0.331 e. The van der Waals surface area contributed by atoms with Crippen LogP contribution in [0, 0.1) is 0 Å². The van der Waals surface area contributed by atoms with Gasteiger partial charge in [0.2, 0.25) is 0 Å². The fourth-order valence-corrected chi connectivity index (χ4v) is 4.12. The molecule has 2 fully saturated rings. The molecule has 4 heterocycles. The van der Waals surface area contributed by atoms with E-state index >= 15 is 0 Å². The van der Waals surface area contributed by atoms with Crippen LogP contribution in [0.3, 0.4) is 0 Å². The van der Waals surface area contributed by atoms with Gasteiger partial charge in [-0.05, 0) is 37.8 Å². The van der Waals surface area contributed by atoms with E-state index in [0.717, 1.165) is 31.4 Å². The van der Waals surface area contributed by atoms with Crippen molar-refractivity contribution in [1.29, 1.82) is 0 Å². The number of piperidine rings is 1. The number of nitrogens with zero attached hydrogens (tertiary/aromatic N) is 5. The first kappa shape index (κ1) is 16.2. The number of amides is 1. The molecule has 0 aromatic carbocycles. The number of rotatable bonds is 2. The summed E-state index contributed by atoms with van der Waals surface area (Å²) in [4.78, 5) is 19.2. The zero-order chi connectivity index (χ0) is 17.6. The van der Waals surface area contributed by atoms with E-state index in [4.69, 9.17) is 0 Å². The normalized spacial score (nSPS) is 26.0. The maximum atomic E-state index is 12.9. The van der Waals surface area contributed by atoms with Gasteiger partial charge in [0, 0.05) is 29.9 Å². The molecule has 2 aromatic heterocycles. The van der Waals surface area contributed by atoms with Crippen molar-refractivity contribution in [2.75, 3.05) is 0 Å². The second-order valence-electron chi connectivity index (χ2n) is 8.27. The Morgan fingerprint density at radius 3 is 2.40 bits per heavy atom. The molecule has 6 nitrogen and oxygen atoms in total. The molecule has 0 N–H and O–H groups in total. The van der Waals surface area contributed by atoms with Crippen LogP contribution in [-0.2, 0) is 5.41 Å². The van der Waals surface area contributed by atoms with Gasteiger partial charge in [-0.25, -0.2) is 4.68 Å². The van der Waals surface area contributed by atoms with E-state index in [1.54, 1.807) is 12.3 Å². The third-order valence-corrected chi connectivity index (χ3v) is 5.48. The van der Waals surface area contributed by atoms with Crippen LogP contribution in [0.4, 0.5) is 0 Å². The predicted octanol–water partition coefficient (Wildman–Crippen LogP) is 2.98. The minimum Gasteiger partial charge on any atom is -0.331 e. The Morgan fingerprint density at radius 1 is 1.12 bits per heavy atom.